The maximum Gasteiger partial charge on any atom is 0.191 e. The monoisotopic (exact) mass is 379 g/mol. The number of aryl methyl sites for hydroxylation is 1. The quantitative estimate of drug-likeness (QED) is 0.605. The number of anilines is 1. The van der Waals surface area contributed by atoms with E-state index in [1.165, 1.54) is 5.56 Å². The van der Waals surface area contributed by atoms with Gasteiger partial charge in [0.25, 0.3) is 0 Å². The molecular formula is C19H33N5OS. The first-order valence-corrected chi connectivity index (χ1v) is 10.6. The highest BCUT2D eigenvalue weighted by atomic mass is 32.2. The van der Waals surface area contributed by atoms with E-state index in [-0.39, 0.29) is 4.75 Å². The highest BCUT2D eigenvalue weighted by Crippen LogP contribution is 2.18. The Kier molecular flexibility index (Phi) is 7.43. The van der Waals surface area contributed by atoms with E-state index in [0.717, 1.165) is 37.7 Å². The molecule has 0 aromatic carbocycles. The van der Waals surface area contributed by atoms with Crippen LogP contribution >= 0.6 is 0 Å². The van der Waals surface area contributed by atoms with Crippen LogP contribution in [0.4, 0.5) is 5.82 Å². The molecule has 1 aromatic heterocycles. The standard InChI is InChI=1S/C19H33N5OS/c1-15-6-7-17(22-14-15)24-11-8-16(9-12-24)23-18(20-5)21-10-13-26(25)19(2,3)4/h6-7,14,16H,8-13H2,1-5H3,(H2,20,21,23). The minimum Gasteiger partial charge on any atom is -0.356 e. The van der Waals surface area contributed by atoms with Crippen LogP contribution in [0.5, 0.6) is 0 Å². The Morgan fingerprint density at radius 2 is 2.04 bits per heavy atom. The Balaban J connectivity index is 1.75. The van der Waals surface area contributed by atoms with Gasteiger partial charge in [0.05, 0.1) is 0 Å². The molecule has 0 radical (unpaired) electrons. The number of rotatable bonds is 5. The fraction of sp³-hybridized carbons (Fsp3) is 0.684. The summed E-state index contributed by atoms with van der Waals surface area (Å²) in [5.74, 6) is 2.48. The molecule has 7 heteroatoms. The molecule has 0 amide bonds. The molecule has 1 atom stereocenters. The molecule has 2 heterocycles. The van der Waals surface area contributed by atoms with Gasteiger partial charge in [0, 0.05) is 60.2 Å². The summed E-state index contributed by atoms with van der Waals surface area (Å²) < 4.78 is 11.9. The third-order valence-corrected chi connectivity index (χ3v) is 6.48. The summed E-state index contributed by atoms with van der Waals surface area (Å²) in [6, 6.07) is 4.61. The van der Waals surface area contributed by atoms with Gasteiger partial charge in [-0.25, -0.2) is 4.98 Å². The van der Waals surface area contributed by atoms with Crippen LogP contribution in [0.25, 0.3) is 0 Å². The van der Waals surface area contributed by atoms with Crippen LogP contribution in [0.3, 0.4) is 0 Å². The van der Waals surface area contributed by atoms with Crippen molar-refractivity contribution in [1.29, 1.82) is 0 Å². The fourth-order valence-electron chi connectivity index (χ4n) is 2.86. The summed E-state index contributed by atoms with van der Waals surface area (Å²) in [5, 5.41) is 6.78. The predicted molar refractivity (Wildman–Crippen MR) is 111 cm³/mol. The van der Waals surface area contributed by atoms with Gasteiger partial charge in [-0.2, -0.15) is 0 Å². The fourth-order valence-corrected chi connectivity index (χ4v) is 3.76. The molecule has 2 N–H and O–H groups in total. The van der Waals surface area contributed by atoms with Crippen LogP contribution < -0.4 is 15.5 Å². The molecule has 1 aliphatic heterocycles. The van der Waals surface area contributed by atoms with Crippen molar-refractivity contribution < 1.29 is 4.21 Å². The van der Waals surface area contributed by atoms with Crippen LogP contribution in [0, 0.1) is 6.92 Å². The summed E-state index contributed by atoms with van der Waals surface area (Å²) in [4.78, 5) is 11.2. The molecule has 0 aliphatic carbocycles. The van der Waals surface area contributed by atoms with Gasteiger partial charge in [-0.15, -0.1) is 0 Å². The van der Waals surface area contributed by atoms with Crippen molar-refractivity contribution >= 4 is 22.6 Å². The molecule has 1 saturated heterocycles. The van der Waals surface area contributed by atoms with Crippen LogP contribution in [0.15, 0.2) is 23.3 Å². The van der Waals surface area contributed by atoms with Crippen molar-refractivity contribution in [3.05, 3.63) is 23.9 Å². The van der Waals surface area contributed by atoms with E-state index in [9.17, 15) is 4.21 Å². The number of aliphatic imine (C=N–C) groups is 1. The Morgan fingerprint density at radius 1 is 1.35 bits per heavy atom. The minimum absolute atomic E-state index is 0.171. The second kappa shape index (κ2) is 9.35. The van der Waals surface area contributed by atoms with Gasteiger partial charge < -0.3 is 15.5 Å². The number of hydrogen-bond donors (Lipinski definition) is 2. The molecule has 146 valence electrons. The predicted octanol–water partition coefficient (Wildman–Crippen LogP) is 2.07. The number of aromatic nitrogens is 1. The molecule has 26 heavy (non-hydrogen) atoms. The average Bonchev–Trinajstić information content (AvgIpc) is 2.61. The summed E-state index contributed by atoms with van der Waals surface area (Å²) in [5.41, 5.74) is 1.19. The van der Waals surface area contributed by atoms with E-state index < -0.39 is 10.8 Å². The van der Waals surface area contributed by atoms with Gasteiger partial charge >= 0.3 is 0 Å². The Hall–Kier alpha value is -1.63. The third kappa shape index (κ3) is 6.27. The van der Waals surface area contributed by atoms with E-state index in [1.807, 2.05) is 27.0 Å². The average molecular weight is 380 g/mol. The number of hydrogen-bond acceptors (Lipinski definition) is 4. The van der Waals surface area contributed by atoms with Crippen LogP contribution in [-0.2, 0) is 10.8 Å². The lowest BCUT2D eigenvalue weighted by atomic mass is 10.1. The van der Waals surface area contributed by atoms with Crippen molar-refractivity contribution in [2.24, 2.45) is 4.99 Å². The van der Waals surface area contributed by atoms with Gasteiger partial charge in [-0.1, -0.05) is 6.07 Å². The van der Waals surface area contributed by atoms with Crippen LogP contribution in [0.1, 0.15) is 39.2 Å². The maximum atomic E-state index is 12.1. The molecule has 1 unspecified atom stereocenters. The second-order valence-electron chi connectivity index (χ2n) is 7.76. The topological polar surface area (TPSA) is 69.6 Å². The van der Waals surface area contributed by atoms with E-state index in [0.29, 0.717) is 18.3 Å². The SMILES string of the molecule is CN=C(NCCS(=O)C(C)(C)C)NC1CCN(c2ccc(C)cn2)CC1. The first-order chi connectivity index (χ1) is 12.3. The van der Waals surface area contributed by atoms with Gasteiger partial charge in [0.1, 0.15) is 5.82 Å². The number of nitrogens with one attached hydrogen (secondary N) is 2. The summed E-state index contributed by atoms with van der Waals surface area (Å²) in [7, 11) is 0.930. The molecule has 6 nitrogen and oxygen atoms in total. The molecule has 0 saturated carbocycles. The zero-order valence-electron chi connectivity index (χ0n) is 16.7. The molecular weight excluding hydrogens is 346 g/mol. The van der Waals surface area contributed by atoms with Crippen molar-refractivity contribution in [3.8, 4) is 0 Å². The second-order valence-corrected chi connectivity index (χ2v) is 10.1. The molecule has 2 rings (SSSR count). The largest absolute Gasteiger partial charge is 0.356 e. The van der Waals surface area contributed by atoms with E-state index in [2.05, 4.69) is 44.6 Å². The molecule has 1 aliphatic rings. The Labute approximate surface area is 160 Å². The third-order valence-electron chi connectivity index (χ3n) is 4.54. The molecule has 0 spiro atoms. The summed E-state index contributed by atoms with van der Waals surface area (Å²) in [6.07, 6.45) is 4.02. The highest BCUT2D eigenvalue weighted by Gasteiger charge is 2.21. The van der Waals surface area contributed by atoms with E-state index >= 15 is 0 Å². The van der Waals surface area contributed by atoms with Crippen molar-refractivity contribution in [1.82, 2.24) is 15.6 Å². The van der Waals surface area contributed by atoms with Crippen molar-refractivity contribution in [2.75, 3.05) is 37.3 Å². The lowest BCUT2D eigenvalue weighted by Gasteiger charge is -2.33. The highest BCUT2D eigenvalue weighted by molar-refractivity contribution is 7.86. The molecule has 0 bridgehead atoms. The van der Waals surface area contributed by atoms with Gasteiger partial charge in [0.15, 0.2) is 5.96 Å². The summed E-state index contributed by atoms with van der Waals surface area (Å²) >= 11 is 0. The number of guanidine groups is 1. The van der Waals surface area contributed by atoms with Gasteiger partial charge in [0.2, 0.25) is 0 Å². The lowest BCUT2D eigenvalue weighted by Crippen LogP contribution is -2.49. The maximum absolute atomic E-state index is 12.1. The molecule has 1 aromatic rings. The number of nitrogens with zero attached hydrogens (tertiary/aromatic N) is 3. The first-order valence-electron chi connectivity index (χ1n) is 9.33. The lowest BCUT2D eigenvalue weighted by molar-refractivity contribution is 0.460. The smallest absolute Gasteiger partial charge is 0.191 e. The van der Waals surface area contributed by atoms with Crippen molar-refractivity contribution in [3.63, 3.8) is 0 Å². The van der Waals surface area contributed by atoms with Crippen LogP contribution in [0.2, 0.25) is 0 Å². The summed E-state index contributed by atoms with van der Waals surface area (Å²) in [6.45, 7) is 10.7. The van der Waals surface area contributed by atoms with E-state index in [1.54, 1.807) is 7.05 Å². The van der Waals surface area contributed by atoms with Crippen molar-refractivity contribution in [2.45, 2.75) is 51.3 Å². The number of pyridine rings is 1. The normalized spacial score (nSPS) is 17.9. The van der Waals surface area contributed by atoms with Gasteiger partial charge in [-0.3, -0.25) is 9.20 Å². The van der Waals surface area contributed by atoms with Gasteiger partial charge in [-0.05, 0) is 52.2 Å². The van der Waals surface area contributed by atoms with Crippen LogP contribution in [-0.4, -0.2) is 58.4 Å². The zero-order chi connectivity index (χ0) is 19.2. The van der Waals surface area contributed by atoms with E-state index in [4.69, 9.17) is 0 Å². The Bertz CT molecular complexity index is 616. The minimum atomic E-state index is -0.849. The first kappa shape index (κ1) is 20.7. The Morgan fingerprint density at radius 3 is 2.58 bits per heavy atom. The zero-order valence-corrected chi connectivity index (χ0v) is 17.5. The number of piperidine rings is 1. The molecule has 1 fully saturated rings.